The summed E-state index contributed by atoms with van der Waals surface area (Å²) < 4.78 is 0. The normalized spacial score (nSPS) is 13.8. The van der Waals surface area contributed by atoms with E-state index < -0.39 is 0 Å². The van der Waals surface area contributed by atoms with Gasteiger partial charge in [-0.3, -0.25) is 24.9 Å². The number of dihydropyridines is 1. The SMILES string of the molecule is Cc1cccc(-c2cc3c(cc2C2=CC=CC(C)N2)c2cc(-c4cccc(C)n4)c(-c4cccc(C)n4)cc2c2cc(-c4cccc(C)n4)c(-c4cccc(C)n4)cc32)n1. The lowest BCUT2D eigenvalue weighted by Crippen LogP contribution is -2.24. The fourth-order valence-corrected chi connectivity index (χ4v) is 8.71. The Labute approximate surface area is 350 Å². The topological polar surface area (TPSA) is 76.5 Å². The van der Waals surface area contributed by atoms with Crippen LogP contribution in [-0.4, -0.2) is 31.0 Å². The Bertz CT molecular complexity index is 3190. The van der Waals surface area contributed by atoms with E-state index in [9.17, 15) is 0 Å². The average molecular weight is 777 g/mol. The van der Waals surface area contributed by atoms with Crippen molar-refractivity contribution in [1.82, 2.24) is 30.2 Å². The van der Waals surface area contributed by atoms with E-state index >= 15 is 0 Å². The van der Waals surface area contributed by atoms with Gasteiger partial charge in [0.15, 0.2) is 0 Å². The Morgan fingerprint density at radius 2 is 0.633 bits per heavy atom. The lowest BCUT2D eigenvalue weighted by molar-refractivity contribution is 0.779. The van der Waals surface area contributed by atoms with Crippen molar-refractivity contribution in [3.05, 3.63) is 180 Å². The summed E-state index contributed by atoms with van der Waals surface area (Å²) in [5.41, 5.74) is 16.7. The number of rotatable bonds is 6. The Balaban J connectivity index is 1.43. The third-order valence-electron chi connectivity index (χ3n) is 11.5. The molecule has 0 spiro atoms. The smallest absolute Gasteiger partial charge is 0.0712 e. The molecule has 10 rings (SSSR count). The Hall–Kier alpha value is -7.31. The molecule has 6 heterocycles. The standard InChI is InChI=1S/C54H44N6/c1-31-13-7-19-49(55-31)43-25-37-38(26-44(43)50-20-8-14-32(2)56-50)40-28-46(52-22-10-16-34(4)58-52)48(54-24-12-18-36(6)60-54)30-42(40)41-29-47(53-23-11-17-35(5)59-53)45(27-39(37)41)51-21-9-15-33(3)57-51/h7-31,55H,1-6H3. The number of hydrogen-bond donors (Lipinski definition) is 1. The molecule has 0 amide bonds. The number of allylic oxidation sites excluding steroid dienone is 2. The van der Waals surface area contributed by atoms with Crippen LogP contribution in [0.1, 0.15) is 41.0 Å². The van der Waals surface area contributed by atoms with Crippen molar-refractivity contribution in [2.24, 2.45) is 0 Å². The van der Waals surface area contributed by atoms with E-state index in [1.54, 1.807) is 0 Å². The van der Waals surface area contributed by atoms with Gasteiger partial charge in [0.05, 0.1) is 28.5 Å². The fraction of sp³-hybridized carbons (Fsp3) is 0.130. The molecule has 0 bridgehead atoms. The number of benzene rings is 4. The maximum atomic E-state index is 5.11. The molecule has 0 radical (unpaired) electrons. The first-order valence-electron chi connectivity index (χ1n) is 20.6. The summed E-state index contributed by atoms with van der Waals surface area (Å²) in [6.07, 6.45) is 6.51. The molecule has 0 aliphatic carbocycles. The van der Waals surface area contributed by atoms with Gasteiger partial charge < -0.3 is 5.32 Å². The van der Waals surface area contributed by atoms with E-state index in [2.05, 4.69) is 141 Å². The first kappa shape index (κ1) is 37.0. The minimum atomic E-state index is 0.175. The molecule has 9 aromatic rings. The monoisotopic (exact) mass is 776 g/mol. The van der Waals surface area contributed by atoms with Crippen LogP contribution >= 0.6 is 0 Å². The Morgan fingerprint density at radius 3 is 0.900 bits per heavy atom. The highest BCUT2D eigenvalue weighted by Crippen LogP contribution is 2.46. The van der Waals surface area contributed by atoms with Crippen LogP contribution < -0.4 is 5.32 Å². The van der Waals surface area contributed by atoms with E-state index in [1.807, 2.05) is 52.0 Å². The molecule has 0 saturated heterocycles. The van der Waals surface area contributed by atoms with Crippen molar-refractivity contribution in [2.45, 2.75) is 47.6 Å². The predicted octanol–water partition coefficient (Wildman–Crippen LogP) is 12.9. The summed E-state index contributed by atoms with van der Waals surface area (Å²) in [6, 6.07) is 45.5. The third-order valence-corrected chi connectivity index (χ3v) is 11.5. The zero-order valence-corrected chi connectivity index (χ0v) is 34.7. The van der Waals surface area contributed by atoms with Crippen LogP contribution in [0.25, 0.3) is 94.3 Å². The molecule has 0 saturated carbocycles. The fourth-order valence-electron chi connectivity index (χ4n) is 8.71. The number of nitrogens with one attached hydrogen (secondary N) is 1. The van der Waals surface area contributed by atoms with Crippen molar-refractivity contribution in [1.29, 1.82) is 0 Å². The van der Waals surface area contributed by atoms with Crippen LogP contribution in [0, 0.1) is 34.6 Å². The zero-order chi connectivity index (χ0) is 41.1. The molecule has 6 heteroatoms. The van der Waals surface area contributed by atoms with Crippen LogP contribution in [0.4, 0.5) is 0 Å². The first-order valence-corrected chi connectivity index (χ1v) is 20.6. The van der Waals surface area contributed by atoms with Gasteiger partial charge in [-0.1, -0.05) is 42.5 Å². The Kier molecular flexibility index (Phi) is 9.13. The van der Waals surface area contributed by atoms with Gasteiger partial charge in [-0.15, -0.1) is 0 Å². The second-order valence-electron chi connectivity index (χ2n) is 16.0. The summed E-state index contributed by atoms with van der Waals surface area (Å²) in [5.74, 6) is 0. The molecule has 1 aliphatic heterocycles. The minimum Gasteiger partial charge on any atom is -0.379 e. The van der Waals surface area contributed by atoms with Crippen LogP contribution in [0.2, 0.25) is 0 Å². The van der Waals surface area contributed by atoms with E-state index in [-0.39, 0.29) is 6.04 Å². The molecule has 0 fully saturated rings. The van der Waals surface area contributed by atoms with Gasteiger partial charge >= 0.3 is 0 Å². The molecule has 1 unspecified atom stereocenters. The average Bonchev–Trinajstić information content (AvgIpc) is 3.25. The van der Waals surface area contributed by atoms with E-state index in [0.29, 0.717) is 0 Å². The van der Waals surface area contributed by atoms with E-state index in [0.717, 1.165) is 128 Å². The maximum Gasteiger partial charge on any atom is 0.0712 e. The largest absolute Gasteiger partial charge is 0.379 e. The summed E-state index contributed by atoms with van der Waals surface area (Å²) >= 11 is 0. The highest BCUT2D eigenvalue weighted by molar-refractivity contribution is 6.28. The highest BCUT2D eigenvalue weighted by atomic mass is 14.9. The highest BCUT2D eigenvalue weighted by Gasteiger charge is 2.23. The van der Waals surface area contributed by atoms with Gasteiger partial charge in [-0.2, -0.15) is 0 Å². The van der Waals surface area contributed by atoms with Crippen molar-refractivity contribution < 1.29 is 0 Å². The third kappa shape index (κ3) is 6.70. The van der Waals surface area contributed by atoms with E-state index in [4.69, 9.17) is 24.9 Å². The summed E-state index contributed by atoms with van der Waals surface area (Å²) in [6.45, 7) is 12.4. The van der Waals surface area contributed by atoms with Gasteiger partial charge in [0, 0.05) is 73.6 Å². The molecule has 60 heavy (non-hydrogen) atoms. The van der Waals surface area contributed by atoms with Gasteiger partial charge in [-0.25, -0.2) is 0 Å². The lowest BCUT2D eigenvalue weighted by Gasteiger charge is -2.23. The second kappa shape index (κ2) is 14.8. The van der Waals surface area contributed by atoms with Crippen LogP contribution in [0.15, 0.2) is 146 Å². The number of aromatic nitrogens is 5. The molecular weight excluding hydrogens is 733 g/mol. The Morgan fingerprint density at radius 1 is 0.367 bits per heavy atom. The van der Waals surface area contributed by atoms with Crippen LogP contribution in [-0.2, 0) is 0 Å². The molecule has 4 aromatic carbocycles. The quantitative estimate of drug-likeness (QED) is 0.170. The van der Waals surface area contributed by atoms with Gasteiger partial charge in [0.2, 0.25) is 0 Å². The van der Waals surface area contributed by atoms with Gasteiger partial charge in [0.1, 0.15) is 0 Å². The molecular formula is C54H44N6. The summed E-state index contributed by atoms with van der Waals surface area (Å²) in [7, 11) is 0. The molecule has 1 N–H and O–H groups in total. The predicted molar refractivity (Wildman–Crippen MR) is 249 cm³/mol. The van der Waals surface area contributed by atoms with E-state index in [1.165, 1.54) is 0 Å². The number of fused-ring (bicyclic) bond motifs is 6. The zero-order valence-electron chi connectivity index (χ0n) is 34.7. The number of aryl methyl sites for hydroxylation is 5. The summed E-state index contributed by atoms with van der Waals surface area (Å²) in [4.78, 5) is 25.5. The van der Waals surface area contributed by atoms with Crippen LogP contribution in [0.3, 0.4) is 0 Å². The molecule has 290 valence electrons. The molecule has 1 atom stereocenters. The molecule has 5 aromatic heterocycles. The lowest BCUT2D eigenvalue weighted by atomic mass is 9.84. The van der Waals surface area contributed by atoms with Crippen LogP contribution in [0.5, 0.6) is 0 Å². The number of pyridine rings is 5. The maximum absolute atomic E-state index is 5.11. The second-order valence-corrected chi connectivity index (χ2v) is 16.0. The van der Waals surface area contributed by atoms with Crippen molar-refractivity contribution in [3.8, 4) is 56.3 Å². The minimum absolute atomic E-state index is 0.175. The molecule has 1 aliphatic rings. The van der Waals surface area contributed by atoms with Crippen molar-refractivity contribution in [3.63, 3.8) is 0 Å². The first-order chi connectivity index (χ1) is 29.2. The number of hydrogen-bond acceptors (Lipinski definition) is 6. The number of nitrogens with zero attached hydrogens (tertiary/aromatic N) is 5. The van der Waals surface area contributed by atoms with Gasteiger partial charge in [0.25, 0.3) is 0 Å². The van der Waals surface area contributed by atoms with Gasteiger partial charge in [-0.05, 0) is 177 Å². The van der Waals surface area contributed by atoms with Crippen molar-refractivity contribution in [2.75, 3.05) is 0 Å². The summed E-state index contributed by atoms with van der Waals surface area (Å²) in [5, 5.41) is 10.5. The van der Waals surface area contributed by atoms with Crippen molar-refractivity contribution >= 4 is 38.0 Å². The molecule has 6 nitrogen and oxygen atoms in total.